The number of nitrogens with zero attached hydrogens (tertiary/aromatic N) is 1. The summed E-state index contributed by atoms with van der Waals surface area (Å²) in [6.45, 7) is 1.96. The van der Waals surface area contributed by atoms with Crippen molar-refractivity contribution in [1.29, 1.82) is 0 Å². The Bertz CT molecular complexity index is 735. The summed E-state index contributed by atoms with van der Waals surface area (Å²) in [6, 6.07) is 5.38. The second-order valence-electron chi connectivity index (χ2n) is 5.01. The van der Waals surface area contributed by atoms with Crippen molar-refractivity contribution >= 4 is 15.8 Å². The SMILES string of the molecule is CCc1cn[nH]c1NS(=O)(=O)c1ccc2c(c1)CCC2. The Kier molecular flexibility index (Phi) is 3.25. The van der Waals surface area contributed by atoms with Gasteiger partial charge in [-0.15, -0.1) is 0 Å². The summed E-state index contributed by atoms with van der Waals surface area (Å²) in [5.41, 5.74) is 3.27. The lowest BCUT2D eigenvalue weighted by Gasteiger charge is -2.09. The fraction of sp³-hybridized carbons (Fsp3) is 0.357. The number of benzene rings is 1. The Morgan fingerprint density at radius 1 is 1.30 bits per heavy atom. The van der Waals surface area contributed by atoms with Crippen molar-refractivity contribution in [2.75, 3.05) is 4.72 Å². The van der Waals surface area contributed by atoms with Gasteiger partial charge in [0.1, 0.15) is 5.82 Å². The molecule has 0 aliphatic heterocycles. The quantitative estimate of drug-likeness (QED) is 0.907. The van der Waals surface area contributed by atoms with Crippen LogP contribution in [0.4, 0.5) is 5.82 Å². The average Bonchev–Trinajstić information content (AvgIpc) is 3.05. The molecule has 2 aromatic rings. The first-order valence-corrected chi connectivity index (χ1v) is 8.25. The van der Waals surface area contributed by atoms with E-state index in [1.165, 1.54) is 5.56 Å². The number of anilines is 1. The molecule has 6 heteroatoms. The molecule has 0 spiro atoms. The summed E-state index contributed by atoms with van der Waals surface area (Å²) in [7, 11) is -3.56. The highest BCUT2D eigenvalue weighted by atomic mass is 32.2. The summed E-state index contributed by atoms with van der Waals surface area (Å²) in [5.74, 6) is 0.452. The Morgan fingerprint density at radius 3 is 2.90 bits per heavy atom. The Morgan fingerprint density at radius 2 is 2.10 bits per heavy atom. The lowest BCUT2D eigenvalue weighted by atomic mass is 10.1. The van der Waals surface area contributed by atoms with Crippen LogP contribution in [0.5, 0.6) is 0 Å². The lowest BCUT2D eigenvalue weighted by molar-refractivity contribution is 0.601. The van der Waals surface area contributed by atoms with Crippen LogP contribution in [0.25, 0.3) is 0 Å². The number of aromatic amines is 1. The molecule has 106 valence electrons. The average molecular weight is 291 g/mol. The van der Waals surface area contributed by atoms with Crippen molar-refractivity contribution in [1.82, 2.24) is 10.2 Å². The molecule has 1 aromatic heterocycles. The summed E-state index contributed by atoms with van der Waals surface area (Å²) in [6.07, 6.45) is 5.47. The van der Waals surface area contributed by atoms with Gasteiger partial charge >= 0.3 is 0 Å². The Balaban J connectivity index is 1.92. The van der Waals surface area contributed by atoms with Gasteiger partial charge in [-0.1, -0.05) is 13.0 Å². The van der Waals surface area contributed by atoms with Crippen molar-refractivity contribution < 1.29 is 8.42 Å². The number of hydrogen-bond donors (Lipinski definition) is 2. The second-order valence-corrected chi connectivity index (χ2v) is 6.70. The lowest BCUT2D eigenvalue weighted by Crippen LogP contribution is -2.14. The van der Waals surface area contributed by atoms with Crippen LogP contribution in [-0.2, 0) is 29.3 Å². The van der Waals surface area contributed by atoms with Gasteiger partial charge in [0, 0.05) is 5.56 Å². The topological polar surface area (TPSA) is 74.8 Å². The molecule has 0 amide bonds. The number of sulfonamides is 1. The van der Waals surface area contributed by atoms with Gasteiger partial charge in [-0.25, -0.2) is 8.42 Å². The van der Waals surface area contributed by atoms with Gasteiger partial charge in [0.15, 0.2) is 0 Å². The van der Waals surface area contributed by atoms with Gasteiger partial charge in [-0.05, 0) is 48.9 Å². The molecular weight excluding hydrogens is 274 g/mol. The van der Waals surface area contributed by atoms with Crippen LogP contribution in [0, 0.1) is 0 Å². The minimum Gasteiger partial charge on any atom is -0.264 e. The minimum absolute atomic E-state index is 0.315. The van der Waals surface area contributed by atoms with Crippen molar-refractivity contribution in [3.05, 3.63) is 41.1 Å². The highest BCUT2D eigenvalue weighted by molar-refractivity contribution is 7.92. The molecule has 0 radical (unpaired) electrons. The molecule has 5 nitrogen and oxygen atoms in total. The number of aryl methyl sites for hydroxylation is 3. The first kappa shape index (κ1) is 13.2. The van der Waals surface area contributed by atoms with Crippen molar-refractivity contribution in [2.24, 2.45) is 0 Å². The maximum Gasteiger partial charge on any atom is 0.263 e. The molecular formula is C14H17N3O2S. The monoisotopic (exact) mass is 291 g/mol. The molecule has 0 fully saturated rings. The molecule has 0 bridgehead atoms. The highest BCUT2D eigenvalue weighted by Crippen LogP contribution is 2.26. The van der Waals surface area contributed by atoms with Crippen LogP contribution in [0.1, 0.15) is 30.0 Å². The number of fused-ring (bicyclic) bond motifs is 1. The fourth-order valence-electron chi connectivity index (χ4n) is 2.58. The van der Waals surface area contributed by atoms with Gasteiger partial charge in [-0.2, -0.15) is 5.10 Å². The van der Waals surface area contributed by atoms with E-state index in [1.54, 1.807) is 18.3 Å². The third kappa shape index (κ3) is 2.31. The van der Waals surface area contributed by atoms with Gasteiger partial charge in [0.05, 0.1) is 11.1 Å². The van der Waals surface area contributed by atoms with E-state index >= 15 is 0 Å². The largest absolute Gasteiger partial charge is 0.264 e. The molecule has 2 N–H and O–H groups in total. The number of aromatic nitrogens is 2. The maximum absolute atomic E-state index is 12.4. The van der Waals surface area contributed by atoms with Crippen LogP contribution in [0.2, 0.25) is 0 Å². The number of nitrogens with one attached hydrogen (secondary N) is 2. The van der Waals surface area contributed by atoms with E-state index in [2.05, 4.69) is 14.9 Å². The number of hydrogen-bond acceptors (Lipinski definition) is 3. The molecule has 3 rings (SSSR count). The molecule has 1 aliphatic rings. The van der Waals surface area contributed by atoms with Gasteiger partial charge in [0.25, 0.3) is 10.0 Å². The molecule has 20 heavy (non-hydrogen) atoms. The molecule has 0 saturated carbocycles. The third-order valence-corrected chi connectivity index (χ3v) is 5.06. The van der Waals surface area contributed by atoms with Crippen LogP contribution in [0.15, 0.2) is 29.3 Å². The van der Waals surface area contributed by atoms with Crippen LogP contribution < -0.4 is 4.72 Å². The predicted octanol–water partition coefficient (Wildman–Crippen LogP) is 2.26. The van der Waals surface area contributed by atoms with Gasteiger partial charge in [0.2, 0.25) is 0 Å². The van der Waals surface area contributed by atoms with E-state index in [4.69, 9.17) is 0 Å². The van der Waals surface area contributed by atoms with E-state index < -0.39 is 10.0 Å². The third-order valence-electron chi connectivity index (χ3n) is 3.72. The van der Waals surface area contributed by atoms with Crippen LogP contribution in [0.3, 0.4) is 0 Å². The molecule has 1 aliphatic carbocycles. The standard InChI is InChI=1S/C14H17N3O2S/c1-2-10-9-15-16-14(10)17-20(18,19)13-7-6-11-4-3-5-12(11)8-13/h6-9H,2-5H2,1H3,(H2,15,16,17). The van der Waals surface area contributed by atoms with E-state index in [-0.39, 0.29) is 0 Å². The summed E-state index contributed by atoms with van der Waals surface area (Å²) in [5, 5.41) is 6.57. The molecule has 0 unspecified atom stereocenters. The van der Waals surface area contributed by atoms with E-state index in [0.717, 1.165) is 36.8 Å². The zero-order valence-corrected chi connectivity index (χ0v) is 12.1. The number of rotatable bonds is 4. The molecule has 0 atom stereocenters. The zero-order valence-electron chi connectivity index (χ0n) is 11.3. The molecule has 0 saturated heterocycles. The molecule has 1 heterocycles. The second kappa shape index (κ2) is 4.94. The van der Waals surface area contributed by atoms with E-state index in [1.807, 2.05) is 13.0 Å². The smallest absolute Gasteiger partial charge is 0.263 e. The zero-order chi connectivity index (χ0) is 14.2. The van der Waals surface area contributed by atoms with Crippen LogP contribution >= 0.6 is 0 Å². The first-order chi connectivity index (χ1) is 9.60. The summed E-state index contributed by atoms with van der Waals surface area (Å²) in [4.78, 5) is 0.315. The van der Waals surface area contributed by atoms with Gasteiger partial charge < -0.3 is 0 Å². The van der Waals surface area contributed by atoms with Crippen LogP contribution in [-0.4, -0.2) is 18.6 Å². The van der Waals surface area contributed by atoms with Gasteiger partial charge in [-0.3, -0.25) is 9.82 Å². The van der Waals surface area contributed by atoms with E-state index in [9.17, 15) is 8.42 Å². The molecule has 1 aromatic carbocycles. The van der Waals surface area contributed by atoms with E-state index in [0.29, 0.717) is 10.7 Å². The van der Waals surface area contributed by atoms with Crippen molar-refractivity contribution in [2.45, 2.75) is 37.5 Å². The summed E-state index contributed by atoms with van der Waals surface area (Å²) < 4.78 is 27.4. The fourth-order valence-corrected chi connectivity index (χ4v) is 3.68. The summed E-state index contributed by atoms with van der Waals surface area (Å²) >= 11 is 0. The maximum atomic E-state index is 12.4. The number of H-pyrrole nitrogens is 1. The van der Waals surface area contributed by atoms with Crippen molar-refractivity contribution in [3.63, 3.8) is 0 Å². The normalized spacial score (nSPS) is 14.2. The highest BCUT2D eigenvalue weighted by Gasteiger charge is 2.20. The predicted molar refractivity (Wildman–Crippen MR) is 77.2 cm³/mol. The Hall–Kier alpha value is -1.82. The minimum atomic E-state index is -3.56. The Labute approximate surface area is 118 Å². The first-order valence-electron chi connectivity index (χ1n) is 6.77. The van der Waals surface area contributed by atoms with Crippen molar-refractivity contribution in [3.8, 4) is 0 Å².